The van der Waals surface area contributed by atoms with Gasteiger partial charge >= 0.3 is 0 Å². The highest BCUT2D eigenvalue weighted by Crippen LogP contribution is 2.31. The Kier molecular flexibility index (Phi) is 6.12. The molecule has 3 nitrogen and oxygen atoms in total. The first-order valence-corrected chi connectivity index (χ1v) is 10.1. The van der Waals surface area contributed by atoms with Crippen LogP contribution in [0.5, 0.6) is 0 Å². The molecule has 1 aromatic rings. The van der Waals surface area contributed by atoms with Gasteiger partial charge in [0.05, 0.1) is 11.0 Å². The van der Waals surface area contributed by atoms with Crippen LogP contribution >= 0.6 is 0 Å². The predicted molar refractivity (Wildman–Crippen MR) is 89.4 cm³/mol. The van der Waals surface area contributed by atoms with Gasteiger partial charge in [-0.25, -0.2) is 17.2 Å². The van der Waals surface area contributed by atoms with E-state index in [1.54, 1.807) is 13.8 Å². The largest absolute Gasteiger partial charge is 0.299 e. The highest BCUT2D eigenvalue weighted by atomic mass is 32.2. The van der Waals surface area contributed by atoms with Gasteiger partial charge in [-0.2, -0.15) is 0 Å². The van der Waals surface area contributed by atoms with Crippen LogP contribution in [0.2, 0.25) is 0 Å². The summed E-state index contributed by atoms with van der Waals surface area (Å²) >= 11 is 0. The molecule has 0 heterocycles. The van der Waals surface area contributed by atoms with Crippen LogP contribution in [0, 0.1) is 23.5 Å². The van der Waals surface area contributed by atoms with Crippen LogP contribution in [0.1, 0.15) is 45.1 Å². The number of Topliss-reactive ketones (excluding diaryl/α,β-unsaturated/α-hetero) is 1. The van der Waals surface area contributed by atoms with Gasteiger partial charge in [0.25, 0.3) is 0 Å². The number of halogens is 2. The zero-order valence-corrected chi connectivity index (χ0v) is 14.9. The van der Waals surface area contributed by atoms with Crippen LogP contribution in [-0.2, 0) is 21.1 Å². The van der Waals surface area contributed by atoms with Crippen molar-refractivity contribution < 1.29 is 22.0 Å². The van der Waals surface area contributed by atoms with Gasteiger partial charge in [0.2, 0.25) is 0 Å². The summed E-state index contributed by atoms with van der Waals surface area (Å²) in [5.74, 6) is -1.65. The number of ketones is 1. The third kappa shape index (κ3) is 4.85. The first-order valence-electron chi connectivity index (χ1n) is 8.37. The molecule has 2 rings (SSSR count). The second-order valence-corrected chi connectivity index (χ2v) is 9.59. The molecule has 0 spiro atoms. The molecule has 1 fully saturated rings. The van der Waals surface area contributed by atoms with Gasteiger partial charge in [0, 0.05) is 12.3 Å². The standard InChI is InChI=1S/C18H24F2O3S/c1-12(2)24(22,23)11-13-3-6-15(7-4-13)18(21)10-14-5-8-16(19)17(20)9-14/h5,8-9,12-13,15H,3-4,6-7,10-11H2,1-2H3. The Hall–Kier alpha value is -1.30. The van der Waals surface area contributed by atoms with Gasteiger partial charge in [-0.05, 0) is 63.1 Å². The molecule has 0 saturated heterocycles. The second-order valence-electron chi connectivity index (χ2n) is 6.99. The number of hydrogen-bond donors (Lipinski definition) is 0. The molecule has 0 atom stereocenters. The second kappa shape index (κ2) is 7.72. The Morgan fingerprint density at radius 3 is 2.29 bits per heavy atom. The number of carbonyl (C=O) groups excluding carboxylic acids is 1. The van der Waals surface area contributed by atoms with E-state index in [0.717, 1.165) is 25.0 Å². The van der Waals surface area contributed by atoms with Gasteiger partial charge in [-0.3, -0.25) is 4.79 Å². The van der Waals surface area contributed by atoms with E-state index in [2.05, 4.69) is 0 Å². The summed E-state index contributed by atoms with van der Waals surface area (Å²) in [5, 5.41) is -0.370. The molecule has 0 aromatic heterocycles. The lowest BCUT2D eigenvalue weighted by molar-refractivity contribution is -0.123. The quantitative estimate of drug-likeness (QED) is 0.779. The third-order valence-electron chi connectivity index (χ3n) is 4.85. The Bertz CT molecular complexity index is 690. The Morgan fingerprint density at radius 1 is 1.12 bits per heavy atom. The average molecular weight is 358 g/mol. The highest BCUT2D eigenvalue weighted by molar-refractivity contribution is 7.91. The summed E-state index contributed by atoms with van der Waals surface area (Å²) < 4.78 is 50.1. The molecule has 0 unspecified atom stereocenters. The van der Waals surface area contributed by atoms with E-state index in [4.69, 9.17) is 0 Å². The summed E-state index contributed by atoms with van der Waals surface area (Å²) in [6.45, 7) is 3.37. The molecule has 0 bridgehead atoms. The van der Waals surface area contributed by atoms with E-state index in [-0.39, 0.29) is 35.0 Å². The van der Waals surface area contributed by atoms with Crippen LogP contribution in [0.4, 0.5) is 8.78 Å². The van der Waals surface area contributed by atoms with Gasteiger partial charge in [-0.1, -0.05) is 6.07 Å². The van der Waals surface area contributed by atoms with Crippen LogP contribution in [0.25, 0.3) is 0 Å². The maximum Gasteiger partial charge on any atom is 0.159 e. The lowest BCUT2D eigenvalue weighted by Crippen LogP contribution is -2.29. The molecule has 1 aromatic carbocycles. The van der Waals surface area contributed by atoms with Crippen molar-refractivity contribution in [2.45, 2.75) is 51.2 Å². The first kappa shape index (κ1) is 19.0. The highest BCUT2D eigenvalue weighted by Gasteiger charge is 2.30. The number of rotatable bonds is 6. The SMILES string of the molecule is CC(C)S(=O)(=O)CC1CCC(C(=O)Cc2ccc(F)c(F)c2)CC1. The van der Waals surface area contributed by atoms with Gasteiger partial charge in [0.1, 0.15) is 5.78 Å². The summed E-state index contributed by atoms with van der Waals surface area (Å²) in [5.41, 5.74) is 0.475. The molecule has 6 heteroatoms. The first-order chi connectivity index (χ1) is 11.2. The lowest BCUT2D eigenvalue weighted by atomic mass is 9.79. The Balaban J connectivity index is 1.87. The number of sulfone groups is 1. The van der Waals surface area contributed by atoms with Crippen LogP contribution < -0.4 is 0 Å². The van der Waals surface area contributed by atoms with Crippen molar-refractivity contribution in [3.8, 4) is 0 Å². The van der Waals surface area contributed by atoms with Crippen molar-refractivity contribution >= 4 is 15.6 Å². The van der Waals surface area contributed by atoms with E-state index in [1.807, 2.05) is 0 Å². The normalized spacial score (nSPS) is 21.9. The fourth-order valence-electron chi connectivity index (χ4n) is 3.17. The molecule has 0 radical (unpaired) electrons. The molecular formula is C18H24F2O3S. The third-order valence-corrected chi connectivity index (χ3v) is 7.22. The number of hydrogen-bond acceptors (Lipinski definition) is 3. The maximum absolute atomic E-state index is 13.2. The molecule has 1 saturated carbocycles. The van der Waals surface area contributed by atoms with Crippen LogP contribution in [-0.4, -0.2) is 25.2 Å². The summed E-state index contributed by atoms with van der Waals surface area (Å²) in [7, 11) is -3.06. The van der Waals surface area contributed by atoms with Gasteiger partial charge < -0.3 is 0 Å². The maximum atomic E-state index is 13.2. The minimum Gasteiger partial charge on any atom is -0.299 e. The molecule has 24 heavy (non-hydrogen) atoms. The monoisotopic (exact) mass is 358 g/mol. The lowest BCUT2D eigenvalue weighted by Gasteiger charge is -2.28. The van der Waals surface area contributed by atoms with Crippen molar-refractivity contribution in [1.29, 1.82) is 0 Å². The van der Waals surface area contributed by atoms with Crippen molar-refractivity contribution in [2.75, 3.05) is 5.75 Å². The molecule has 0 amide bonds. The summed E-state index contributed by atoms with van der Waals surface area (Å²) in [6, 6.07) is 3.52. The van der Waals surface area contributed by atoms with Crippen molar-refractivity contribution in [2.24, 2.45) is 11.8 Å². The molecular weight excluding hydrogens is 334 g/mol. The van der Waals surface area contributed by atoms with Gasteiger partial charge in [0.15, 0.2) is 21.5 Å². The van der Waals surface area contributed by atoms with Gasteiger partial charge in [-0.15, -0.1) is 0 Å². The zero-order valence-electron chi connectivity index (χ0n) is 14.1. The van der Waals surface area contributed by atoms with E-state index in [0.29, 0.717) is 18.4 Å². The summed E-state index contributed by atoms with van der Waals surface area (Å²) in [6.07, 6.45) is 2.87. The van der Waals surface area contributed by atoms with Crippen molar-refractivity contribution in [1.82, 2.24) is 0 Å². The average Bonchev–Trinajstić information content (AvgIpc) is 2.51. The van der Waals surface area contributed by atoms with E-state index >= 15 is 0 Å². The molecule has 1 aliphatic carbocycles. The fraction of sp³-hybridized carbons (Fsp3) is 0.611. The molecule has 1 aliphatic rings. The minimum absolute atomic E-state index is 0.0196. The van der Waals surface area contributed by atoms with Crippen molar-refractivity contribution in [3.05, 3.63) is 35.4 Å². The molecule has 0 aliphatic heterocycles. The zero-order chi connectivity index (χ0) is 17.9. The number of benzene rings is 1. The smallest absolute Gasteiger partial charge is 0.159 e. The van der Waals surface area contributed by atoms with E-state index < -0.39 is 21.5 Å². The topological polar surface area (TPSA) is 51.2 Å². The van der Waals surface area contributed by atoms with Crippen LogP contribution in [0.15, 0.2) is 18.2 Å². The molecule has 0 N–H and O–H groups in total. The fourth-order valence-corrected chi connectivity index (χ4v) is 4.54. The van der Waals surface area contributed by atoms with Crippen LogP contribution in [0.3, 0.4) is 0 Å². The molecule has 134 valence electrons. The Labute approximate surface area is 142 Å². The van der Waals surface area contributed by atoms with E-state index in [1.165, 1.54) is 6.07 Å². The van der Waals surface area contributed by atoms with Crippen molar-refractivity contribution in [3.63, 3.8) is 0 Å². The minimum atomic E-state index is -3.06. The van der Waals surface area contributed by atoms with E-state index in [9.17, 15) is 22.0 Å². The number of carbonyl (C=O) groups is 1. The predicted octanol–water partition coefficient (Wildman–Crippen LogP) is 3.71. The summed E-state index contributed by atoms with van der Waals surface area (Å²) in [4.78, 5) is 12.3. The Morgan fingerprint density at radius 2 is 1.75 bits per heavy atom.